The molecular weight excluding hydrogens is 176 g/mol. The average Bonchev–Trinajstić information content (AvgIpc) is 2.23. The van der Waals surface area contributed by atoms with Gasteiger partial charge in [0.2, 0.25) is 5.91 Å². The van der Waals surface area contributed by atoms with Crippen LogP contribution in [0.5, 0.6) is 0 Å². The number of hydrogen-bond acceptors (Lipinski definition) is 2. The molecule has 0 fully saturated rings. The normalized spacial score (nSPS) is 10.6. The van der Waals surface area contributed by atoms with Gasteiger partial charge in [-0.15, -0.1) is 0 Å². The van der Waals surface area contributed by atoms with Crippen molar-refractivity contribution in [1.29, 1.82) is 0 Å². The Morgan fingerprint density at radius 2 is 1.79 bits per heavy atom. The molecule has 0 unspecified atom stereocenters. The van der Waals surface area contributed by atoms with Gasteiger partial charge in [0, 0.05) is 13.0 Å². The maximum atomic E-state index is 10.9. The van der Waals surface area contributed by atoms with Gasteiger partial charge in [0.15, 0.2) is 0 Å². The fourth-order valence-corrected chi connectivity index (χ4v) is 1.35. The first-order valence-corrected chi connectivity index (χ1v) is 5.73. The number of unbranched alkanes of at least 4 members (excludes halogenated alkanes) is 1. The van der Waals surface area contributed by atoms with E-state index in [4.69, 9.17) is 0 Å². The molecule has 0 saturated carbocycles. The zero-order valence-corrected chi connectivity index (χ0v) is 9.81. The Bertz CT molecular complexity index is 144. The highest BCUT2D eigenvalue weighted by Gasteiger charge is 1.98. The zero-order valence-electron chi connectivity index (χ0n) is 9.81. The van der Waals surface area contributed by atoms with E-state index < -0.39 is 0 Å². The standard InChI is InChI=1S/C11H24N2O/c1-4-11(14)12-9-7-8-10-13(5-2)6-3/h4-10H2,1-3H3,(H,12,14). The summed E-state index contributed by atoms with van der Waals surface area (Å²) >= 11 is 0. The molecule has 0 aliphatic rings. The fourth-order valence-electron chi connectivity index (χ4n) is 1.35. The molecule has 0 aliphatic carbocycles. The summed E-state index contributed by atoms with van der Waals surface area (Å²) in [5.74, 6) is 0.160. The molecule has 0 bridgehead atoms. The number of rotatable bonds is 8. The molecule has 0 saturated heterocycles. The van der Waals surface area contributed by atoms with Crippen molar-refractivity contribution >= 4 is 5.91 Å². The Balaban J connectivity index is 3.24. The highest BCUT2D eigenvalue weighted by molar-refractivity contribution is 5.75. The van der Waals surface area contributed by atoms with Crippen molar-refractivity contribution in [2.24, 2.45) is 0 Å². The highest BCUT2D eigenvalue weighted by Crippen LogP contribution is 1.93. The summed E-state index contributed by atoms with van der Waals surface area (Å²) in [6.45, 7) is 10.5. The monoisotopic (exact) mass is 200 g/mol. The Kier molecular flexibility index (Phi) is 8.64. The highest BCUT2D eigenvalue weighted by atomic mass is 16.1. The Hall–Kier alpha value is -0.570. The molecule has 1 N–H and O–H groups in total. The quantitative estimate of drug-likeness (QED) is 0.604. The lowest BCUT2D eigenvalue weighted by Gasteiger charge is -2.17. The maximum absolute atomic E-state index is 10.9. The van der Waals surface area contributed by atoms with Crippen LogP contribution in [0.15, 0.2) is 0 Å². The average molecular weight is 200 g/mol. The van der Waals surface area contributed by atoms with Crippen molar-refractivity contribution in [3.05, 3.63) is 0 Å². The van der Waals surface area contributed by atoms with Gasteiger partial charge in [0.1, 0.15) is 0 Å². The van der Waals surface area contributed by atoms with Gasteiger partial charge in [-0.3, -0.25) is 4.79 Å². The van der Waals surface area contributed by atoms with Crippen molar-refractivity contribution in [3.8, 4) is 0 Å². The van der Waals surface area contributed by atoms with E-state index in [2.05, 4.69) is 24.1 Å². The van der Waals surface area contributed by atoms with E-state index in [9.17, 15) is 4.79 Å². The van der Waals surface area contributed by atoms with E-state index in [0.717, 1.165) is 32.6 Å². The molecule has 3 heteroatoms. The Morgan fingerprint density at radius 3 is 2.29 bits per heavy atom. The fraction of sp³-hybridized carbons (Fsp3) is 0.909. The largest absolute Gasteiger partial charge is 0.356 e. The molecule has 0 aliphatic heterocycles. The minimum atomic E-state index is 0.160. The second-order valence-corrected chi connectivity index (χ2v) is 3.44. The summed E-state index contributed by atoms with van der Waals surface area (Å²) in [6, 6.07) is 0. The molecule has 14 heavy (non-hydrogen) atoms. The van der Waals surface area contributed by atoms with Crippen LogP contribution in [0, 0.1) is 0 Å². The Labute approximate surface area is 87.9 Å². The SMILES string of the molecule is CCC(=O)NCCCCN(CC)CC. The predicted molar refractivity (Wildman–Crippen MR) is 60.3 cm³/mol. The zero-order chi connectivity index (χ0) is 10.8. The molecule has 0 atom stereocenters. The van der Waals surface area contributed by atoms with Gasteiger partial charge < -0.3 is 10.2 Å². The summed E-state index contributed by atoms with van der Waals surface area (Å²) in [5.41, 5.74) is 0. The van der Waals surface area contributed by atoms with Gasteiger partial charge in [0.05, 0.1) is 0 Å². The molecule has 84 valence electrons. The first-order chi connectivity index (χ1) is 6.74. The van der Waals surface area contributed by atoms with Gasteiger partial charge >= 0.3 is 0 Å². The van der Waals surface area contributed by atoms with Crippen LogP contribution in [-0.4, -0.2) is 37.0 Å². The van der Waals surface area contributed by atoms with Crippen molar-refractivity contribution in [3.63, 3.8) is 0 Å². The third-order valence-corrected chi connectivity index (χ3v) is 2.44. The summed E-state index contributed by atoms with van der Waals surface area (Å²) in [6.07, 6.45) is 2.85. The number of nitrogens with one attached hydrogen (secondary N) is 1. The Morgan fingerprint density at radius 1 is 1.14 bits per heavy atom. The van der Waals surface area contributed by atoms with Gasteiger partial charge in [-0.1, -0.05) is 20.8 Å². The third-order valence-electron chi connectivity index (χ3n) is 2.44. The summed E-state index contributed by atoms with van der Waals surface area (Å²) in [4.78, 5) is 13.3. The molecule has 0 aromatic rings. The van der Waals surface area contributed by atoms with Gasteiger partial charge in [-0.05, 0) is 32.5 Å². The molecule has 0 aromatic heterocycles. The van der Waals surface area contributed by atoms with E-state index in [0.29, 0.717) is 6.42 Å². The van der Waals surface area contributed by atoms with Gasteiger partial charge in [-0.2, -0.15) is 0 Å². The van der Waals surface area contributed by atoms with Crippen molar-refractivity contribution in [2.45, 2.75) is 40.0 Å². The predicted octanol–water partition coefficient (Wildman–Crippen LogP) is 1.63. The smallest absolute Gasteiger partial charge is 0.219 e. The number of hydrogen-bond donors (Lipinski definition) is 1. The van der Waals surface area contributed by atoms with E-state index in [1.165, 1.54) is 6.42 Å². The molecular formula is C11H24N2O. The number of nitrogens with zero attached hydrogens (tertiary/aromatic N) is 1. The molecule has 0 heterocycles. The lowest BCUT2D eigenvalue weighted by atomic mass is 10.3. The van der Waals surface area contributed by atoms with E-state index in [1.807, 2.05) is 6.92 Å². The van der Waals surface area contributed by atoms with Crippen LogP contribution >= 0.6 is 0 Å². The van der Waals surface area contributed by atoms with Gasteiger partial charge in [-0.25, -0.2) is 0 Å². The molecule has 3 nitrogen and oxygen atoms in total. The number of amides is 1. The molecule has 0 aromatic carbocycles. The van der Waals surface area contributed by atoms with Crippen LogP contribution < -0.4 is 5.32 Å². The van der Waals surface area contributed by atoms with Crippen LogP contribution in [0.25, 0.3) is 0 Å². The third kappa shape index (κ3) is 6.89. The molecule has 0 spiro atoms. The van der Waals surface area contributed by atoms with Crippen LogP contribution in [0.3, 0.4) is 0 Å². The number of carbonyl (C=O) groups is 1. The molecule has 0 rings (SSSR count). The first kappa shape index (κ1) is 13.4. The van der Waals surface area contributed by atoms with Crippen LogP contribution in [0.1, 0.15) is 40.0 Å². The van der Waals surface area contributed by atoms with Gasteiger partial charge in [0.25, 0.3) is 0 Å². The van der Waals surface area contributed by atoms with Crippen molar-refractivity contribution < 1.29 is 4.79 Å². The van der Waals surface area contributed by atoms with E-state index in [1.54, 1.807) is 0 Å². The van der Waals surface area contributed by atoms with Crippen molar-refractivity contribution in [2.75, 3.05) is 26.2 Å². The molecule has 1 amide bonds. The van der Waals surface area contributed by atoms with E-state index in [-0.39, 0.29) is 5.91 Å². The lowest BCUT2D eigenvalue weighted by molar-refractivity contribution is -0.120. The summed E-state index contributed by atoms with van der Waals surface area (Å²) in [7, 11) is 0. The number of carbonyl (C=O) groups excluding carboxylic acids is 1. The topological polar surface area (TPSA) is 32.3 Å². The minimum absolute atomic E-state index is 0.160. The maximum Gasteiger partial charge on any atom is 0.219 e. The lowest BCUT2D eigenvalue weighted by Crippen LogP contribution is -2.26. The second kappa shape index (κ2) is 9.00. The van der Waals surface area contributed by atoms with Crippen molar-refractivity contribution in [1.82, 2.24) is 10.2 Å². The molecule has 0 radical (unpaired) electrons. The van der Waals surface area contributed by atoms with Crippen LogP contribution in [-0.2, 0) is 4.79 Å². The van der Waals surface area contributed by atoms with E-state index >= 15 is 0 Å². The van der Waals surface area contributed by atoms with Crippen LogP contribution in [0.4, 0.5) is 0 Å². The first-order valence-electron chi connectivity index (χ1n) is 5.73. The van der Waals surface area contributed by atoms with Crippen LogP contribution in [0.2, 0.25) is 0 Å². The summed E-state index contributed by atoms with van der Waals surface area (Å²) in [5, 5.41) is 2.88. The second-order valence-electron chi connectivity index (χ2n) is 3.44. The minimum Gasteiger partial charge on any atom is -0.356 e. The summed E-state index contributed by atoms with van der Waals surface area (Å²) < 4.78 is 0.